The highest BCUT2D eigenvalue weighted by molar-refractivity contribution is 6.71. The maximum Gasteiger partial charge on any atom is 0.170 e. The zero-order valence-corrected chi connectivity index (χ0v) is 12.3. The predicted molar refractivity (Wildman–Crippen MR) is 77.4 cm³/mol. The van der Waals surface area contributed by atoms with Crippen LogP contribution in [0.15, 0.2) is 29.5 Å². The fraction of sp³-hybridized carbons (Fsp3) is 0. The molecule has 0 radical (unpaired) electrons. The smallest absolute Gasteiger partial charge is 0.170 e. The van der Waals surface area contributed by atoms with Gasteiger partial charge >= 0.3 is 0 Å². The van der Waals surface area contributed by atoms with Crippen LogP contribution in [0.2, 0.25) is 10.0 Å². The van der Waals surface area contributed by atoms with Crippen molar-refractivity contribution in [2.75, 3.05) is 0 Å². The van der Waals surface area contributed by atoms with Crippen LogP contribution in [-0.4, -0.2) is 10.2 Å². The minimum atomic E-state index is -0.978. The van der Waals surface area contributed by atoms with E-state index in [1.54, 1.807) is 0 Å². The first-order valence-electron chi connectivity index (χ1n) is 5.36. The lowest BCUT2D eigenvalue weighted by Crippen LogP contribution is -1.97. The predicted octanol–water partition coefficient (Wildman–Crippen LogP) is 4.86. The SMILES string of the molecule is N#Cc1cc(Cl)c(/C(Cl)=N/c2c(F)cncc2F)c(Cl)c1. The van der Waals surface area contributed by atoms with Gasteiger partial charge < -0.3 is 0 Å². The topological polar surface area (TPSA) is 49.0 Å². The average Bonchev–Trinajstić information content (AvgIpc) is 2.42. The molecule has 0 aliphatic heterocycles. The maximum absolute atomic E-state index is 13.5. The first kappa shape index (κ1) is 15.6. The third-order valence-corrected chi connectivity index (χ3v) is 3.29. The van der Waals surface area contributed by atoms with Gasteiger partial charge in [-0.1, -0.05) is 34.8 Å². The second kappa shape index (κ2) is 6.35. The van der Waals surface area contributed by atoms with Crippen molar-refractivity contribution in [2.45, 2.75) is 0 Å². The van der Waals surface area contributed by atoms with Gasteiger partial charge in [0, 0.05) is 5.56 Å². The molecule has 2 rings (SSSR count). The lowest BCUT2D eigenvalue weighted by Gasteiger charge is -2.06. The Morgan fingerprint density at radius 3 is 2.14 bits per heavy atom. The molecule has 0 amide bonds. The highest BCUT2D eigenvalue weighted by Gasteiger charge is 2.15. The standard InChI is InChI=1S/C13H4Cl3F2N3/c14-7-1-6(3-19)2-8(15)11(7)13(16)21-12-9(17)4-20-5-10(12)18/h1-2,4-5H/b21-13-. The Balaban J connectivity index is 2.58. The zero-order valence-electron chi connectivity index (χ0n) is 10.0. The number of hydrogen-bond donors (Lipinski definition) is 0. The number of pyridine rings is 1. The van der Waals surface area contributed by atoms with Crippen molar-refractivity contribution in [3.63, 3.8) is 0 Å². The van der Waals surface area contributed by atoms with Crippen LogP contribution in [0.25, 0.3) is 0 Å². The molecule has 0 spiro atoms. The van der Waals surface area contributed by atoms with Gasteiger partial charge in [-0.05, 0) is 12.1 Å². The molecule has 0 saturated carbocycles. The number of nitriles is 1. The third kappa shape index (κ3) is 3.30. The summed E-state index contributed by atoms with van der Waals surface area (Å²) >= 11 is 17.8. The van der Waals surface area contributed by atoms with Crippen LogP contribution in [0.5, 0.6) is 0 Å². The van der Waals surface area contributed by atoms with Crippen molar-refractivity contribution < 1.29 is 8.78 Å². The van der Waals surface area contributed by atoms with Crippen molar-refractivity contribution >= 4 is 45.7 Å². The highest BCUT2D eigenvalue weighted by atomic mass is 35.5. The summed E-state index contributed by atoms with van der Waals surface area (Å²) in [6, 6.07) is 4.50. The van der Waals surface area contributed by atoms with E-state index in [0.29, 0.717) is 0 Å². The van der Waals surface area contributed by atoms with Gasteiger partial charge in [-0.15, -0.1) is 0 Å². The number of aromatic nitrogens is 1. The summed E-state index contributed by atoms with van der Waals surface area (Å²) in [5.74, 6) is -1.96. The molecule has 0 saturated heterocycles. The molecule has 21 heavy (non-hydrogen) atoms. The molecule has 0 bridgehead atoms. The Bertz CT molecular complexity index is 741. The van der Waals surface area contributed by atoms with Crippen molar-refractivity contribution in [2.24, 2.45) is 4.99 Å². The van der Waals surface area contributed by atoms with Gasteiger partial charge in [0.15, 0.2) is 11.6 Å². The summed E-state index contributed by atoms with van der Waals surface area (Å²) in [6.45, 7) is 0. The summed E-state index contributed by atoms with van der Waals surface area (Å²) < 4.78 is 26.9. The molecular weight excluding hydrogens is 343 g/mol. The average molecular weight is 347 g/mol. The van der Waals surface area contributed by atoms with Crippen LogP contribution in [0, 0.1) is 23.0 Å². The second-order valence-corrected chi connectivity index (χ2v) is 4.95. The summed E-state index contributed by atoms with van der Waals surface area (Å²) in [5, 5.41) is 8.57. The van der Waals surface area contributed by atoms with Crippen LogP contribution < -0.4 is 0 Å². The normalized spacial score (nSPS) is 11.3. The summed E-state index contributed by atoms with van der Waals surface area (Å²) in [4.78, 5) is 6.98. The van der Waals surface area contributed by atoms with E-state index < -0.39 is 17.3 Å². The molecule has 1 aromatic carbocycles. The fourth-order valence-electron chi connectivity index (χ4n) is 1.50. The lowest BCUT2D eigenvalue weighted by atomic mass is 10.1. The summed E-state index contributed by atoms with van der Waals surface area (Å²) in [5.41, 5.74) is -0.305. The van der Waals surface area contributed by atoms with Gasteiger partial charge in [0.1, 0.15) is 10.9 Å². The molecule has 1 heterocycles. The minimum Gasteiger partial charge on any atom is -0.258 e. The van der Waals surface area contributed by atoms with E-state index in [-0.39, 0.29) is 26.3 Å². The van der Waals surface area contributed by atoms with Gasteiger partial charge in [0.25, 0.3) is 0 Å². The summed E-state index contributed by atoms with van der Waals surface area (Å²) in [7, 11) is 0. The molecule has 0 fully saturated rings. The van der Waals surface area contributed by atoms with E-state index in [1.165, 1.54) is 12.1 Å². The maximum atomic E-state index is 13.5. The molecule has 0 unspecified atom stereocenters. The number of halogens is 5. The first-order chi connectivity index (χ1) is 9.93. The number of rotatable bonds is 2. The molecule has 0 atom stereocenters. The molecule has 106 valence electrons. The Labute approximate surface area is 133 Å². The van der Waals surface area contributed by atoms with E-state index >= 15 is 0 Å². The monoisotopic (exact) mass is 345 g/mol. The zero-order chi connectivity index (χ0) is 15.6. The quantitative estimate of drug-likeness (QED) is 0.729. The first-order valence-corrected chi connectivity index (χ1v) is 6.50. The third-order valence-electron chi connectivity index (χ3n) is 2.42. The fourth-order valence-corrected chi connectivity index (χ4v) is 2.55. The molecule has 2 aromatic rings. The van der Waals surface area contributed by atoms with Crippen molar-refractivity contribution in [1.82, 2.24) is 4.98 Å². The highest BCUT2D eigenvalue weighted by Crippen LogP contribution is 2.30. The van der Waals surface area contributed by atoms with Crippen LogP contribution in [0.1, 0.15) is 11.1 Å². The van der Waals surface area contributed by atoms with Crippen molar-refractivity contribution in [1.29, 1.82) is 5.26 Å². The largest absolute Gasteiger partial charge is 0.258 e. The molecule has 8 heteroatoms. The number of hydrogen-bond acceptors (Lipinski definition) is 3. The Hall–Kier alpha value is -1.74. The van der Waals surface area contributed by atoms with Crippen molar-refractivity contribution in [3.8, 4) is 6.07 Å². The molecule has 0 aliphatic carbocycles. The Morgan fingerprint density at radius 2 is 1.67 bits per heavy atom. The lowest BCUT2D eigenvalue weighted by molar-refractivity contribution is 0.577. The number of nitrogens with zero attached hydrogens (tertiary/aromatic N) is 3. The van der Waals surface area contributed by atoms with Crippen LogP contribution in [0.4, 0.5) is 14.5 Å². The van der Waals surface area contributed by atoms with Gasteiger partial charge in [0.2, 0.25) is 0 Å². The van der Waals surface area contributed by atoms with Gasteiger partial charge in [-0.2, -0.15) is 5.26 Å². The second-order valence-electron chi connectivity index (χ2n) is 3.78. The van der Waals surface area contributed by atoms with Gasteiger partial charge in [-0.25, -0.2) is 13.8 Å². The number of benzene rings is 1. The molecule has 0 N–H and O–H groups in total. The van der Waals surface area contributed by atoms with E-state index in [4.69, 9.17) is 40.1 Å². The Morgan fingerprint density at radius 1 is 1.14 bits per heavy atom. The van der Waals surface area contributed by atoms with Gasteiger partial charge in [0.05, 0.1) is 34.1 Å². The van der Waals surface area contributed by atoms with E-state index in [0.717, 1.165) is 12.4 Å². The van der Waals surface area contributed by atoms with E-state index in [1.807, 2.05) is 6.07 Å². The van der Waals surface area contributed by atoms with Crippen LogP contribution >= 0.6 is 34.8 Å². The van der Waals surface area contributed by atoms with Crippen molar-refractivity contribution in [3.05, 3.63) is 57.3 Å². The molecule has 1 aromatic heterocycles. The van der Waals surface area contributed by atoms with E-state index in [2.05, 4.69) is 9.98 Å². The summed E-state index contributed by atoms with van der Waals surface area (Å²) in [6.07, 6.45) is 1.60. The molecule has 0 aliphatic rings. The number of aliphatic imine (C=N–C) groups is 1. The van der Waals surface area contributed by atoms with E-state index in [9.17, 15) is 8.78 Å². The molecular formula is C13H4Cl3F2N3. The minimum absolute atomic E-state index is 0.0441. The Kier molecular flexibility index (Phi) is 4.73. The van der Waals surface area contributed by atoms with Gasteiger partial charge in [-0.3, -0.25) is 4.98 Å². The molecule has 3 nitrogen and oxygen atoms in total. The van der Waals surface area contributed by atoms with Crippen LogP contribution in [-0.2, 0) is 0 Å². The van der Waals surface area contributed by atoms with Crippen LogP contribution in [0.3, 0.4) is 0 Å².